The highest BCUT2D eigenvalue weighted by atomic mass is 16.6. The SMILES string of the molecule is CC(C)(C)OC(=O)N1CC[C@H](C(=O)NC23CCC(NC(=O)c4cc(C#N)c[nH]4)(CC2)CC3)C1. The van der Waals surface area contributed by atoms with Crippen LogP contribution in [0.2, 0.25) is 0 Å². The van der Waals surface area contributed by atoms with Gasteiger partial charge in [0.1, 0.15) is 17.4 Å². The first-order valence-corrected chi connectivity index (χ1v) is 11.7. The van der Waals surface area contributed by atoms with Crippen molar-refractivity contribution in [1.82, 2.24) is 20.5 Å². The second-order valence-electron chi connectivity index (χ2n) is 10.8. The summed E-state index contributed by atoms with van der Waals surface area (Å²) in [5, 5.41) is 15.5. The monoisotopic (exact) mass is 455 g/mol. The topological polar surface area (TPSA) is 127 Å². The molecular formula is C24H33N5O4. The number of carbonyl (C=O) groups is 3. The maximum absolute atomic E-state index is 13.0. The third-order valence-corrected chi connectivity index (χ3v) is 7.28. The second-order valence-corrected chi connectivity index (χ2v) is 10.8. The Morgan fingerprint density at radius 1 is 1.12 bits per heavy atom. The Labute approximate surface area is 194 Å². The average Bonchev–Trinajstić information content (AvgIpc) is 3.44. The molecule has 3 saturated carbocycles. The van der Waals surface area contributed by atoms with Crippen LogP contribution in [-0.2, 0) is 9.53 Å². The molecule has 4 aliphatic rings. The fraction of sp³-hybridized carbons (Fsp3) is 0.667. The minimum atomic E-state index is -0.554. The van der Waals surface area contributed by atoms with E-state index in [9.17, 15) is 14.4 Å². The van der Waals surface area contributed by atoms with E-state index in [2.05, 4.69) is 15.6 Å². The summed E-state index contributed by atoms with van der Waals surface area (Å²) in [5.41, 5.74) is -0.219. The number of likely N-dealkylation sites (tertiary alicyclic amines) is 1. The van der Waals surface area contributed by atoms with Crippen LogP contribution < -0.4 is 10.6 Å². The van der Waals surface area contributed by atoms with Gasteiger partial charge in [-0.25, -0.2) is 4.79 Å². The summed E-state index contributed by atoms with van der Waals surface area (Å²) in [5.74, 6) is -0.402. The van der Waals surface area contributed by atoms with E-state index in [1.807, 2.05) is 26.8 Å². The first-order valence-electron chi connectivity index (χ1n) is 11.7. The number of nitriles is 1. The van der Waals surface area contributed by atoms with Gasteiger partial charge in [-0.3, -0.25) is 9.59 Å². The zero-order valence-corrected chi connectivity index (χ0v) is 19.6. The van der Waals surface area contributed by atoms with Gasteiger partial charge in [-0.15, -0.1) is 0 Å². The van der Waals surface area contributed by atoms with E-state index >= 15 is 0 Å². The van der Waals surface area contributed by atoms with Crippen LogP contribution in [0.4, 0.5) is 4.79 Å². The Kier molecular flexibility index (Phi) is 5.89. The van der Waals surface area contributed by atoms with Crippen LogP contribution in [0.1, 0.15) is 81.8 Å². The molecule has 1 aliphatic heterocycles. The van der Waals surface area contributed by atoms with Crippen molar-refractivity contribution in [2.75, 3.05) is 13.1 Å². The van der Waals surface area contributed by atoms with Crippen molar-refractivity contribution >= 4 is 17.9 Å². The van der Waals surface area contributed by atoms with Gasteiger partial charge in [0.25, 0.3) is 5.91 Å². The lowest BCUT2D eigenvalue weighted by molar-refractivity contribution is -0.128. The van der Waals surface area contributed by atoms with Gasteiger partial charge in [-0.2, -0.15) is 5.26 Å². The van der Waals surface area contributed by atoms with Crippen molar-refractivity contribution in [2.45, 2.75) is 82.4 Å². The average molecular weight is 456 g/mol. The highest BCUT2D eigenvalue weighted by Crippen LogP contribution is 2.47. The van der Waals surface area contributed by atoms with Crippen molar-refractivity contribution in [1.29, 1.82) is 5.26 Å². The largest absolute Gasteiger partial charge is 0.444 e. The number of fused-ring (bicyclic) bond motifs is 3. The summed E-state index contributed by atoms with van der Waals surface area (Å²) in [7, 11) is 0. The summed E-state index contributed by atoms with van der Waals surface area (Å²) in [6.07, 6.45) is 6.67. The Morgan fingerprint density at radius 3 is 2.27 bits per heavy atom. The van der Waals surface area contributed by atoms with Crippen LogP contribution >= 0.6 is 0 Å². The molecule has 4 fully saturated rings. The third-order valence-electron chi connectivity index (χ3n) is 7.28. The maximum Gasteiger partial charge on any atom is 0.410 e. The van der Waals surface area contributed by atoms with Crippen LogP contribution in [0.15, 0.2) is 12.3 Å². The molecule has 0 unspecified atom stereocenters. The van der Waals surface area contributed by atoms with E-state index in [1.165, 1.54) is 6.20 Å². The summed E-state index contributed by atoms with van der Waals surface area (Å²) >= 11 is 0. The molecule has 3 N–H and O–H groups in total. The molecule has 0 radical (unpaired) electrons. The standard InChI is InChI=1S/C24H33N5O4/c1-22(2,3)33-21(32)29-11-4-17(15-29)19(30)27-23-5-8-24(9-6-23,10-7-23)28-20(31)18-12-16(13-25)14-26-18/h12,14,17,26H,4-11,15H2,1-3H3,(H,27,30)(H,28,31)/t17-,23?,24?/m0/s1. The molecule has 178 valence electrons. The number of H-pyrrole nitrogens is 1. The van der Waals surface area contributed by atoms with Crippen molar-refractivity contribution in [2.24, 2.45) is 5.92 Å². The summed E-state index contributed by atoms with van der Waals surface area (Å²) in [4.78, 5) is 42.5. The molecule has 1 aromatic rings. The van der Waals surface area contributed by atoms with Crippen molar-refractivity contribution in [3.05, 3.63) is 23.5 Å². The van der Waals surface area contributed by atoms with E-state index < -0.39 is 5.60 Å². The number of hydrogen-bond donors (Lipinski definition) is 3. The van der Waals surface area contributed by atoms with E-state index in [0.29, 0.717) is 30.8 Å². The predicted molar refractivity (Wildman–Crippen MR) is 120 cm³/mol. The number of rotatable bonds is 4. The predicted octanol–water partition coefficient (Wildman–Crippen LogP) is 2.83. The van der Waals surface area contributed by atoms with Gasteiger partial charge in [-0.1, -0.05) is 0 Å². The van der Waals surface area contributed by atoms with Gasteiger partial charge in [0.2, 0.25) is 5.91 Å². The molecule has 2 heterocycles. The third kappa shape index (κ3) is 5.00. The number of aromatic amines is 1. The Bertz CT molecular complexity index is 961. The van der Waals surface area contributed by atoms with Gasteiger partial charge in [-0.05, 0) is 71.8 Å². The number of nitrogens with zero attached hydrogens (tertiary/aromatic N) is 2. The van der Waals surface area contributed by atoms with Crippen LogP contribution in [0.5, 0.6) is 0 Å². The lowest BCUT2D eigenvalue weighted by atomic mass is 9.61. The first kappa shape index (κ1) is 23.1. The number of aromatic nitrogens is 1. The van der Waals surface area contributed by atoms with E-state index in [-0.39, 0.29) is 34.9 Å². The Hall–Kier alpha value is -3.02. The van der Waals surface area contributed by atoms with Crippen molar-refractivity contribution < 1.29 is 19.1 Å². The zero-order valence-electron chi connectivity index (χ0n) is 19.6. The van der Waals surface area contributed by atoms with Crippen LogP contribution in [0.25, 0.3) is 0 Å². The zero-order chi connectivity index (χ0) is 23.9. The minimum Gasteiger partial charge on any atom is -0.444 e. The van der Waals surface area contributed by atoms with Gasteiger partial charge in [0.05, 0.1) is 11.5 Å². The van der Waals surface area contributed by atoms with Crippen molar-refractivity contribution in [3.63, 3.8) is 0 Å². The fourth-order valence-electron chi connectivity index (χ4n) is 5.29. The molecule has 3 aliphatic carbocycles. The molecule has 0 aromatic carbocycles. The number of carbonyl (C=O) groups excluding carboxylic acids is 3. The van der Waals surface area contributed by atoms with Crippen molar-refractivity contribution in [3.8, 4) is 6.07 Å². The molecule has 1 aromatic heterocycles. The Morgan fingerprint density at radius 2 is 1.73 bits per heavy atom. The van der Waals surface area contributed by atoms with Crippen LogP contribution in [-0.4, -0.2) is 57.6 Å². The Balaban J connectivity index is 1.29. The normalized spacial score (nSPS) is 28.8. The molecule has 5 rings (SSSR count). The molecule has 2 bridgehead atoms. The molecule has 3 amide bonds. The molecule has 33 heavy (non-hydrogen) atoms. The van der Waals surface area contributed by atoms with E-state index in [4.69, 9.17) is 10.00 Å². The first-order chi connectivity index (χ1) is 15.5. The molecule has 1 saturated heterocycles. The van der Waals surface area contributed by atoms with Crippen LogP contribution in [0.3, 0.4) is 0 Å². The number of amides is 3. The number of hydrogen-bond acceptors (Lipinski definition) is 5. The van der Waals surface area contributed by atoms with Crippen LogP contribution in [0, 0.1) is 17.2 Å². The molecule has 9 heteroatoms. The van der Waals surface area contributed by atoms with Gasteiger partial charge < -0.3 is 25.3 Å². The van der Waals surface area contributed by atoms with Gasteiger partial charge >= 0.3 is 6.09 Å². The number of nitrogens with one attached hydrogen (secondary N) is 3. The van der Waals surface area contributed by atoms with E-state index in [1.54, 1.807) is 11.0 Å². The summed E-state index contributed by atoms with van der Waals surface area (Å²) in [6, 6.07) is 3.58. The maximum atomic E-state index is 13.0. The highest BCUT2D eigenvalue weighted by Gasteiger charge is 2.50. The molecular weight excluding hydrogens is 422 g/mol. The molecule has 1 atom stereocenters. The lowest BCUT2D eigenvalue weighted by Crippen LogP contribution is -2.64. The minimum absolute atomic E-state index is 0.00918. The summed E-state index contributed by atoms with van der Waals surface area (Å²) in [6.45, 7) is 6.42. The van der Waals surface area contributed by atoms with Gasteiger partial charge in [0.15, 0.2) is 0 Å². The molecule has 9 nitrogen and oxygen atoms in total. The smallest absolute Gasteiger partial charge is 0.410 e. The second kappa shape index (κ2) is 8.40. The van der Waals surface area contributed by atoms with Gasteiger partial charge in [0, 0.05) is 30.4 Å². The number of ether oxygens (including phenoxy) is 1. The quantitative estimate of drug-likeness (QED) is 0.643. The highest BCUT2D eigenvalue weighted by molar-refractivity contribution is 5.93. The lowest BCUT2D eigenvalue weighted by Gasteiger charge is -2.54. The summed E-state index contributed by atoms with van der Waals surface area (Å²) < 4.78 is 5.43. The van der Waals surface area contributed by atoms with E-state index in [0.717, 1.165) is 38.5 Å². The molecule has 0 spiro atoms. The fourth-order valence-corrected chi connectivity index (χ4v) is 5.29.